The molecule has 1 aromatic heterocycles. The highest BCUT2D eigenvalue weighted by Crippen LogP contribution is 2.19. The summed E-state index contributed by atoms with van der Waals surface area (Å²) in [6.45, 7) is 0. The van der Waals surface area contributed by atoms with E-state index in [1.807, 2.05) is 12.1 Å². The van der Waals surface area contributed by atoms with E-state index in [-0.39, 0.29) is 24.0 Å². The van der Waals surface area contributed by atoms with E-state index in [1.54, 1.807) is 23.1 Å². The SMILES string of the molecule is [I-].c1ccc2[s+][n-][s+]c2c1. The fourth-order valence-electron chi connectivity index (χ4n) is 0.700. The van der Waals surface area contributed by atoms with Crippen LogP contribution in [0.4, 0.5) is 0 Å². The van der Waals surface area contributed by atoms with Crippen LogP contribution < -0.4 is 27.7 Å². The number of aromatic nitrogens is 1. The summed E-state index contributed by atoms with van der Waals surface area (Å²) in [5, 5.41) is 0. The molecule has 0 saturated heterocycles. The molecule has 0 spiro atoms. The molecule has 0 unspecified atom stereocenters. The molecule has 0 aliphatic heterocycles. The molecular weight excluding hydrogens is 277 g/mol. The Kier molecular flexibility index (Phi) is 2.94. The number of halogens is 1. The van der Waals surface area contributed by atoms with Crippen LogP contribution in [0, 0.1) is 0 Å². The van der Waals surface area contributed by atoms with Crippen LogP contribution in [0.2, 0.25) is 0 Å². The molecule has 52 valence electrons. The lowest BCUT2D eigenvalue weighted by atomic mass is 10.4. The van der Waals surface area contributed by atoms with Gasteiger partial charge >= 0.3 is 0 Å². The van der Waals surface area contributed by atoms with E-state index in [2.05, 4.69) is 15.9 Å². The van der Waals surface area contributed by atoms with Crippen LogP contribution in [0.15, 0.2) is 24.3 Å². The molecule has 2 aromatic rings. The topological polar surface area (TPSA) is 14.1 Å². The molecule has 2 rings (SSSR count). The molecule has 0 aliphatic carbocycles. The van der Waals surface area contributed by atoms with E-state index >= 15 is 0 Å². The van der Waals surface area contributed by atoms with E-state index in [0.717, 1.165) is 0 Å². The van der Waals surface area contributed by atoms with Crippen molar-refractivity contribution in [2.45, 2.75) is 0 Å². The van der Waals surface area contributed by atoms with Gasteiger partial charge in [-0.1, -0.05) is 12.1 Å². The molecule has 10 heavy (non-hydrogen) atoms. The van der Waals surface area contributed by atoms with Crippen molar-refractivity contribution in [2.24, 2.45) is 0 Å². The monoisotopic (exact) mass is 281 g/mol. The van der Waals surface area contributed by atoms with Gasteiger partial charge < -0.3 is 24.0 Å². The summed E-state index contributed by atoms with van der Waals surface area (Å²) >= 11 is 3.11. The van der Waals surface area contributed by atoms with Crippen molar-refractivity contribution in [1.29, 1.82) is 0 Å². The maximum Gasteiger partial charge on any atom is 0.284 e. The lowest BCUT2D eigenvalue weighted by molar-refractivity contribution is -0.00000169. The Morgan fingerprint density at radius 3 is 2.00 bits per heavy atom. The van der Waals surface area contributed by atoms with Crippen molar-refractivity contribution in [3.05, 3.63) is 24.3 Å². The number of rotatable bonds is 0. The van der Waals surface area contributed by atoms with Gasteiger partial charge in [-0.3, -0.25) is 0 Å². The molecule has 0 N–H and O–H groups in total. The number of hydrogen-bond acceptors (Lipinski definition) is 0. The van der Waals surface area contributed by atoms with Gasteiger partial charge in [0.15, 0.2) is 23.1 Å². The van der Waals surface area contributed by atoms with E-state index in [9.17, 15) is 0 Å². The highest BCUT2D eigenvalue weighted by atomic mass is 127. The van der Waals surface area contributed by atoms with Gasteiger partial charge in [-0.05, 0) is 0 Å². The second-order valence-corrected chi connectivity index (χ2v) is 3.54. The minimum atomic E-state index is 0. The predicted molar refractivity (Wildman–Crippen MR) is 41.8 cm³/mol. The third-order valence-corrected chi connectivity index (χ3v) is 2.95. The first-order valence-electron chi connectivity index (χ1n) is 2.60. The normalized spacial score (nSPS) is 9.20. The lowest BCUT2D eigenvalue weighted by Crippen LogP contribution is -3.00. The van der Waals surface area contributed by atoms with Crippen LogP contribution in [0.3, 0.4) is 0 Å². The van der Waals surface area contributed by atoms with Crippen molar-refractivity contribution in [2.75, 3.05) is 0 Å². The third-order valence-electron chi connectivity index (χ3n) is 1.12. The molecule has 1 heterocycles. The van der Waals surface area contributed by atoms with Gasteiger partial charge in [0.2, 0.25) is 0 Å². The quantitative estimate of drug-likeness (QED) is 0.468. The average Bonchev–Trinajstić information content (AvgIpc) is 2.33. The van der Waals surface area contributed by atoms with Gasteiger partial charge in [0.1, 0.15) is 0 Å². The first-order chi connectivity index (χ1) is 4.47. The maximum absolute atomic E-state index is 4.08. The fourth-order valence-corrected chi connectivity index (χ4v) is 2.31. The highest BCUT2D eigenvalue weighted by molar-refractivity contribution is 7.29. The number of fused-ring (bicyclic) bond motifs is 1. The van der Waals surface area contributed by atoms with Crippen LogP contribution in [-0.4, -0.2) is 0 Å². The first-order valence-corrected chi connectivity index (χ1v) is 4.15. The zero-order valence-electron chi connectivity index (χ0n) is 4.95. The molecular formula is C6H4INS2. The Labute approximate surface area is 84.0 Å². The fraction of sp³-hybridized carbons (Fsp3) is 0. The van der Waals surface area contributed by atoms with E-state index in [0.29, 0.717) is 0 Å². The average molecular weight is 281 g/mol. The molecule has 1 nitrogen and oxygen atoms in total. The largest absolute Gasteiger partial charge is 1.00 e. The summed E-state index contributed by atoms with van der Waals surface area (Å²) in [7, 11) is 0. The van der Waals surface area contributed by atoms with Crippen LogP contribution in [0.5, 0.6) is 0 Å². The Morgan fingerprint density at radius 1 is 1.00 bits per heavy atom. The van der Waals surface area contributed by atoms with Gasteiger partial charge in [-0.25, -0.2) is 0 Å². The van der Waals surface area contributed by atoms with Crippen molar-refractivity contribution >= 4 is 32.5 Å². The Bertz CT molecular complexity index is 290. The molecule has 0 fully saturated rings. The van der Waals surface area contributed by atoms with E-state index in [1.165, 1.54) is 9.40 Å². The summed E-state index contributed by atoms with van der Waals surface area (Å²) in [6, 6.07) is 8.24. The van der Waals surface area contributed by atoms with Gasteiger partial charge in [-0.15, -0.1) is 3.76 Å². The van der Waals surface area contributed by atoms with Crippen molar-refractivity contribution in [3.63, 3.8) is 0 Å². The maximum atomic E-state index is 4.08. The van der Waals surface area contributed by atoms with Gasteiger partial charge in [0.25, 0.3) is 9.40 Å². The molecule has 0 saturated carbocycles. The summed E-state index contributed by atoms with van der Waals surface area (Å²) < 4.78 is 6.64. The lowest BCUT2D eigenvalue weighted by Gasteiger charge is -1.67. The zero-order chi connectivity index (χ0) is 6.10. The minimum absolute atomic E-state index is 0. The summed E-state index contributed by atoms with van der Waals surface area (Å²) in [4.78, 5) is 0. The number of benzene rings is 1. The summed E-state index contributed by atoms with van der Waals surface area (Å²) in [5.74, 6) is 0. The Balaban J connectivity index is 0.000000500. The van der Waals surface area contributed by atoms with Crippen LogP contribution in [0.25, 0.3) is 9.40 Å². The van der Waals surface area contributed by atoms with Gasteiger partial charge in [-0.2, -0.15) is 0 Å². The summed E-state index contributed by atoms with van der Waals surface area (Å²) in [6.07, 6.45) is 0. The van der Waals surface area contributed by atoms with Crippen molar-refractivity contribution in [1.82, 2.24) is 3.76 Å². The Morgan fingerprint density at radius 2 is 1.50 bits per heavy atom. The molecule has 4 heteroatoms. The second kappa shape index (κ2) is 3.54. The molecule has 0 radical (unpaired) electrons. The second-order valence-electron chi connectivity index (χ2n) is 1.70. The smallest absolute Gasteiger partial charge is 0.284 e. The first kappa shape index (κ1) is 8.29. The van der Waals surface area contributed by atoms with Gasteiger partial charge in [0.05, 0.1) is 0 Å². The van der Waals surface area contributed by atoms with Crippen molar-refractivity contribution < 1.29 is 24.0 Å². The predicted octanol–water partition coefficient (Wildman–Crippen LogP) is -0.514. The molecule has 1 aromatic carbocycles. The molecule has 0 aliphatic rings. The van der Waals surface area contributed by atoms with Crippen LogP contribution in [0.1, 0.15) is 0 Å². The van der Waals surface area contributed by atoms with Crippen LogP contribution >= 0.6 is 23.1 Å². The number of nitrogens with zero attached hydrogens (tertiary/aromatic N) is 1. The van der Waals surface area contributed by atoms with E-state index < -0.39 is 0 Å². The molecule has 0 bridgehead atoms. The summed E-state index contributed by atoms with van der Waals surface area (Å²) in [5.41, 5.74) is 0. The minimum Gasteiger partial charge on any atom is -1.00 e. The van der Waals surface area contributed by atoms with Gasteiger partial charge in [0, 0.05) is 12.1 Å². The third kappa shape index (κ3) is 1.43. The highest BCUT2D eigenvalue weighted by Gasteiger charge is 2.07. The molecule has 0 atom stereocenters. The zero-order valence-corrected chi connectivity index (χ0v) is 8.74. The standard InChI is InChI=1S/C6H4NS2.HI/c1-2-4-6-5(3-1)8-7-9-6;/h1-4H;1H/q+1;/p-1. The Hall–Kier alpha value is 0.190. The van der Waals surface area contributed by atoms with Crippen LogP contribution in [-0.2, 0) is 0 Å². The molecule has 0 amide bonds. The number of hydrogen-bond donors (Lipinski definition) is 0. The van der Waals surface area contributed by atoms with E-state index in [4.69, 9.17) is 0 Å². The van der Waals surface area contributed by atoms with Crippen molar-refractivity contribution in [3.8, 4) is 0 Å².